The number of nitrogens with one attached hydrogen (secondary N) is 1. The van der Waals surface area contributed by atoms with Crippen molar-refractivity contribution in [1.82, 2.24) is 0 Å². The summed E-state index contributed by atoms with van der Waals surface area (Å²) in [6.07, 6.45) is 1.55. The molecule has 0 bridgehead atoms. The molecule has 3 nitrogen and oxygen atoms in total. The second-order valence-corrected chi connectivity index (χ2v) is 4.93. The molecule has 0 heterocycles. The highest BCUT2D eigenvalue weighted by Crippen LogP contribution is 2.25. The van der Waals surface area contributed by atoms with E-state index in [2.05, 4.69) is 12.2 Å². The van der Waals surface area contributed by atoms with Crippen LogP contribution in [0.5, 0.6) is 0 Å². The van der Waals surface area contributed by atoms with Crippen LogP contribution in [0.4, 0.5) is 5.69 Å². The predicted molar refractivity (Wildman–Crippen MR) is 76.7 cm³/mol. The van der Waals surface area contributed by atoms with Crippen molar-refractivity contribution < 1.29 is 9.84 Å². The Hall–Kier alpha value is -0.480. The fourth-order valence-corrected chi connectivity index (χ4v) is 1.74. The van der Waals surface area contributed by atoms with Crippen molar-refractivity contribution in [3.63, 3.8) is 0 Å². The molecule has 1 atom stereocenters. The second-order valence-electron chi connectivity index (χ2n) is 4.09. The zero-order valence-electron chi connectivity index (χ0n) is 10.5. The average molecular weight is 292 g/mol. The number of halogens is 2. The molecule has 18 heavy (non-hydrogen) atoms. The number of rotatable bonds is 8. The molecule has 0 aromatic heterocycles. The lowest BCUT2D eigenvalue weighted by Crippen LogP contribution is -2.25. The van der Waals surface area contributed by atoms with Gasteiger partial charge in [-0.2, -0.15) is 0 Å². The van der Waals surface area contributed by atoms with Gasteiger partial charge in [0.1, 0.15) is 0 Å². The van der Waals surface area contributed by atoms with E-state index in [1.165, 1.54) is 0 Å². The lowest BCUT2D eigenvalue weighted by molar-refractivity contribution is 0.0422. The summed E-state index contributed by atoms with van der Waals surface area (Å²) < 4.78 is 5.33. The highest BCUT2D eigenvalue weighted by Gasteiger charge is 2.06. The van der Waals surface area contributed by atoms with Gasteiger partial charge in [0.25, 0.3) is 0 Å². The van der Waals surface area contributed by atoms with Crippen LogP contribution < -0.4 is 5.32 Å². The summed E-state index contributed by atoms with van der Waals surface area (Å²) in [6, 6.07) is 5.17. The Kier molecular flexibility index (Phi) is 7.44. The first-order chi connectivity index (χ1) is 8.63. The van der Waals surface area contributed by atoms with Gasteiger partial charge in [-0.25, -0.2) is 0 Å². The van der Waals surface area contributed by atoms with E-state index in [4.69, 9.17) is 27.9 Å². The van der Waals surface area contributed by atoms with Crippen LogP contribution in [-0.2, 0) is 4.74 Å². The van der Waals surface area contributed by atoms with Gasteiger partial charge in [0.2, 0.25) is 0 Å². The summed E-state index contributed by atoms with van der Waals surface area (Å²) in [7, 11) is 0. The molecule has 0 amide bonds. The Labute approximate surface area is 118 Å². The lowest BCUT2D eigenvalue weighted by atomic mass is 10.3. The van der Waals surface area contributed by atoms with E-state index in [1.807, 2.05) is 0 Å². The van der Waals surface area contributed by atoms with E-state index in [0.717, 1.165) is 18.5 Å². The molecule has 2 N–H and O–H groups in total. The Morgan fingerprint density at radius 1 is 1.39 bits per heavy atom. The van der Waals surface area contributed by atoms with Gasteiger partial charge >= 0.3 is 0 Å². The molecule has 0 aliphatic heterocycles. The van der Waals surface area contributed by atoms with Gasteiger partial charge in [-0.3, -0.25) is 0 Å². The van der Waals surface area contributed by atoms with Crippen molar-refractivity contribution in [2.75, 3.05) is 25.1 Å². The maximum Gasteiger partial charge on any atom is 0.0945 e. The zero-order chi connectivity index (χ0) is 13.4. The number of benzene rings is 1. The third kappa shape index (κ3) is 5.91. The van der Waals surface area contributed by atoms with Crippen molar-refractivity contribution in [1.29, 1.82) is 0 Å². The third-order valence-electron chi connectivity index (χ3n) is 2.41. The number of aliphatic hydroxyl groups is 1. The Morgan fingerprint density at radius 3 is 2.89 bits per heavy atom. The normalized spacial score (nSPS) is 12.4. The smallest absolute Gasteiger partial charge is 0.0945 e. The minimum Gasteiger partial charge on any atom is -0.389 e. The van der Waals surface area contributed by atoms with Gasteiger partial charge < -0.3 is 15.2 Å². The number of anilines is 1. The summed E-state index contributed by atoms with van der Waals surface area (Å²) in [4.78, 5) is 0. The SMILES string of the molecule is CCCCOCC(O)CNc1cc(Cl)ccc1Cl. The number of ether oxygens (including phenoxy) is 1. The molecule has 0 spiro atoms. The molecule has 0 radical (unpaired) electrons. The molecule has 102 valence electrons. The number of unbranched alkanes of at least 4 members (excludes halogenated alkanes) is 1. The molecule has 0 aliphatic carbocycles. The summed E-state index contributed by atoms with van der Waals surface area (Å²) >= 11 is 11.9. The molecular weight excluding hydrogens is 273 g/mol. The van der Waals surface area contributed by atoms with Crippen molar-refractivity contribution in [3.8, 4) is 0 Å². The number of aliphatic hydroxyl groups excluding tert-OH is 1. The molecule has 0 fully saturated rings. The van der Waals surface area contributed by atoms with Crippen LogP contribution in [0.3, 0.4) is 0 Å². The fraction of sp³-hybridized carbons (Fsp3) is 0.538. The Bertz CT molecular complexity index is 361. The predicted octanol–water partition coefficient (Wildman–Crippen LogP) is 3.58. The van der Waals surface area contributed by atoms with Crippen LogP contribution in [0.2, 0.25) is 10.0 Å². The molecule has 0 saturated heterocycles. The van der Waals surface area contributed by atoms with Gasteiger partial charge in [0.15, 0.2) is 0 Å². The van der Waals surface area contributed by atoms with Crippen molar-refractivity contribution in [3.05, 3.63) is 28.2 Å². The van der Waals surface area contributed by atoms with Crippen LogP contribution in [0.15, 0.2) is 18.2 Å². The zero-order valence-corrected chi connectivity index (χ0v) is 12.0. The molecule has 1 unspecified atom stereocenters. The van der Waals surface area contributed by atoms with E-state index >= 15 is 0 Å². The van der Waals surface area contributed by atoms with E-state index < -0.39 is 6.10 Å². The first-order valence-corrected chi connectivity index (χ1v) is 6.83. The van der Waals surface area contributed by atoms with E-state index in [9.17, 15) is 5.11 Å². The lowest BCUT2D eigenvalue weighted by Gasteiger charge is -2.14. The number of hydrogen-bond acceptors (Lipinski definition) is 3. The molecule has 1 rings (SSSR count). The van der Waals surface area contributed by atoms with Crippen molar-refractivity contribution in [2.24, 2.45) is 0 Å². The standard InChI is InChI=1S/C13H19Cl2NO2/c1-2-3-6-18-9-11(17)8-16-13-7-10(14)4-5-12(13)15/h4-5,7,11,16-17H,2-3,6,8-9H2,1H3. The van der Waals surface area contributed by atoms with E-state index in [1.54, 1.807) is 18.2 Å². The summed E-state index contributed by atoms with van der Waals surface area (Å²) in [5.74, 6) is 0. The largest absolute Gasteiger partial charge is 0.389 e. The first kappa shape index (κ1) is 15.6. The van der Waals surface area contributed by atoms with Gasteiger partial charge in [0, 0.05) is 18.2 Å². The van der Waals surface area contributed by atoms with E-state index in [0.29, 0.717) is 29.8 Å². The highest BCUT2D eigenvalue weighted by atomic mass is 35.5. The topological polar surface area (TPSA) is 41.5 Å². The summed E-state index contributed by atoms with van der Waals surface area (Å²) in [6.45, 7) is 3.49. The minimum absolute atomic E-state index is 0.325. The minimum atomic E-state index is -0.558. The average Bonchev–Trinajstić information content (AvgIpc) is 2.36. The monoisotopic (exact) mass is 291 g/mol. The first-order valence-electron chi connectivity index (χ1n) is 6.08. The Morgan fingerprint density at radius 2 is 2.17 bits per heavy atom. The van der Waals surface area contributed by atoms with Gasteiger partial charge in [-0.05, 0) is 24.6 Å². The second kappa shape index (κ2) is 8.59. The van der Waals surface area contributed by atoms with Gasteiger partial charge in [-0.1, -0.05) is 36.5 Å². The van der Waals surface area contributed by atoms with Gasteiger partial charge in [0.05, 0.1) is 23.4 Å². The fourth-order valence-electron chi connectivity index (χ4n) is 1.39. The third-order valence-corrected chi connectivity index (χ3v) is 2.97. The maximum absolute atomic E-state index is 9.71. The molecule has 1 aromatic rings. The number of hydrogen-bond donors (Lipinski definition) is 2. The van der Waals surface area contributed by atoms with Crippen LogP contribution >= 0.6 is 23.2 Å². The molecule has 0 aliphatic rings. The summed E-state index contributed by atoms with van der Waals surface area (Å²) in [5.41, 5.74) is 0.719. The Balaban J connectivity index is 2.29. The summed E-state index contributed by atoms with van der Waals surface area (Å²) in [5, 5.41) is 13.9. The van der Waals surface area contributed by atoms with Crippen LogP contribution in [0.1, 0.15) is 19.8 Å². The van der Waals surface area contributed by atoms with Crippen LogP contribution in [0.25, 0.3) is 0 Å². The van der Waals surface area contributed by atoms with Crippen molar-refractivity contribution >= 4 is 28.9 Å². The maximum atomic E-state index is 9.71. The van der Waals surface area contributed by atoms with Gasteiger partial charge in [-0.15, -0.1) is 0 Å². The molecule has 0 saturated carbocycles. The van der Waals surface area contributed by atoms with E-state index in [-0.39, 0.29) is 0 Å². The van der Waals surface area contributed by atoms with Crippen molar-refractivity contribution in [2.45, 2.75) is 25.9 Å². The van der Waals surface area contributed by atoms with Crippen LogP contribution in [-0.4, -0.2) is 31.0 Å². The highest BCUT2D eigenvalue weighted by molar-refractivity contribution is 6.35. The molecule has 1 aromatic carbocycles. The van der Waals surface area contributed by atoms with Crippen LogP contribution in [0, 0.1) is 0 Å². The quantitative estimate of drug-likeness (QED) is 0.720. The molecular formula is C13H19Cl2NO2. The molecule has 5 heteroatoms.